The first-order valence-corrected chi connectivity index (χ1v) is 7.53. The Morgan fingerprint density at radius 1 is 1.41 bits per heavy atom. The summed E-state index contributed by atoms with van der Waals surface area (Å²) in [5.41, 5.74) is 3.28. The molecule has 0 radical (unpaired) electrons. The van der Waals surface area contributed by atoms with Crippen LogP contribution in [0.4, 0.5) is 5.69 Å². The van der Waals surface area contributed by atoms with Gasteiger partial charge in [0.15, 0.2) is 0 Å². The Morgan fingerprint density at radius 2 is 2.14 bits per heavy atom. The highest BCUT2D eigenvalue weighted by atomic mass is 32.2. The maximum Gasteiger partial charge on any atom is 0.273 e. The lowest BCUT2D eigenvalue weighted by molar-refractivity contribution is -0.385. The number of aryl methyl sites for hydroxylation is 2. The van der Waals surface area contributed by atoms with Crippen molar-refractivity contribution >= 4 is 23.4 Å². The maximum atomic E-state index is 12.3. The van der Waals surface area contributed by atoms with E-state index in [9.17, 15) is 14.9 Å². The van der Waals surface area contributed by atoms with E-state index in [1.807, 2.05) is 6.92 Å². The van der Waals surface area contributed by atoms with E-state index >= 15 is 0 Å². The van der Waals surface area contributed by atoms with Crippen LogP contribution in [-0.2, 0) is 0 Å². The van der Waals surface area contributed by atoms with E-state index in [1.165, 1.54) is 22.5 Å². The SMILES string of the molecule is CCSc1nnc(C)n1NC(=O)c1ccc(C)c([N+](=O)[O-])c1. The second-order valence-corrected chi connectivity index (χ2v) is 5.73. The van der Waals surface area contributed by atoms with E-state index in [4.69, 9.17) is 0 Å². The molecule has 1 amide bonds. The molecule has 0 atom stereocenters. The first-order valence-electron chi connectivity index (χ1n) is 6.55. The summed E-state index contributed by atoms with van der Waals surface area (Å²) in [7, 11) is 0. The van der Waals surface area contributed by atoms with Gasteiger partial charge in [-0.3, -0.25) is 20.3 Å². The molecule has 0 fully saturated rings. The van der Waals surface area contributed by atoms with E-state index in [2.05, 4.69) is 15.6 Å². The van der Waals surface area contributed by atoms with Gasteiger partial charge in [-0.05, 0) is 25.7 Å². The predicted molar refractivity (Wildman–Crippen MR) is 82.7 cm³/mol. The van der Waals surface area contributed by atoms with E-state index < -0.39 is 10.8 Å². The van der Waals surface area contributed by atoms with Gasteiger partial charge in [0.25, 0.3) is 11.6 Å². The Bertz CT molecular complexity index is 728. The Kier molecular flexibility index (Phi) is 4.76. The third-order valence-electron chi connectivity index (χ3n) is 2.95. The molecule has 0 bridgehead atoms. The molecular formula is C13H15N5O3S. The lowest BCUT2D eigenvalue weighted by atomic mass is 10.1. The first kappa shape index (κ1) is 16.0. The van der Waals surface area contributed by atoms with Gasteiger partial charge in [-0.15, -0.1) is 10.2 Å². The molecule has 0 aliphatic heterocycles. The average molecular weight is 321 g/mol. The molecule has 0 unspecified atom stereocenters. The van der Waals surface area contributed by atoms with E-state index in [1.54, 1.807) is 26.0 Å². The third kappa shape index (κ3) is 3.25. The Hall–Kier alpha value is -2.42. The van der Waals surface area contributed by atoms with Crippen molar-refractivity contribution in [1.82, 2.24) is 14.9 Å². The minimum absolute atomic E-state index is 0.0868. The zero-order valence-corrected chi connectivity index (χ0v) is 13.2. The highest BCUT2D eigenvalue weighted by Crippen LogP contribution is 2.20. The lowest BCUT2D eigenvalue weighted by Crippen LogP contribution is -2.24. The normalized spacial score (nSPS) is 10.5. The van der Waals surface area contributed by atoms with Crippen LogP contribution in [0.1, 0.15) is 28.7 Å². The van der Waals surface area contributed by atoms with Gasteiger partial charge in [-0.1, -0.05) is 24.8 Å². The molecule has 22 heavy (non-hydrogen) atoms. The van der Waals surface area contributed by atoms with E-state index in [0.717, 1.165) is 5.75 Å². The lowest BCUT2D eigenvalue weighted by Gasteiger charge is -2.10. The van der Waals surface area contributed by atoms with Gasteiger partial charge in [0.05, 0.1) is 4.92 Å². The number of aromatic nitrogens is 3. The number of hydrogen-bond acceptors (Lipinski definition) is 6. The van der Waals surface area contributed by atoms with Crippen molar-refractivity contribution in [3.63, 3.8) is 0 Å². The standard InChI is InChI=1S/C13H15N5O3S/c1-4-22-13-15-14-9(3)17(13)16-12(19)10-6-5-8(2)11(7-10)18(20)21/h5-7H,4H2,1-3H3,(H,16,19). The second-order valence-electron chi connectivity index (χ2n) is 4.50. The summed E-state index contributed by atoms with van der Waals surface area (Å²) < 4.78 is 1.47. The van der Waals surface area contributed by atoms with Crippen LogP contribution in [0.2, 0.25) is 0 Å². The molecule has 1 aromatic heterocycles. The smallest absolute Gasteiger partial charge is 0.267 e. The Balaban J connectivity index is 2.28. The van der Waals surface area contributed by atoms with Gasteiger partial charge in [-0.2, -0.15) is 0 Å². The molecule has 0 saturated heterocycles. The number of benzene rings is 1. The molecule has 0 saturated carbocycles. The van der Waals surface area contributed by atoms with Crippen LogP contribution in [0, 0.1) is 24.0 Å². The number of amides is 1. The van der Waals surface area contributed by atoms with Crippen molar-refractivity contribution in [1.29, 1.82) is 0 Å². The highest BCUT2D eigenvalue weighted by molar-refractivity contribution is 7.99. The van der Waals surface area contributed by atoms with Crippen LogP contribution in [-0.4, -0.2) is 31.5 Å². The molecule has 1 aromatic carbocycles. The number of nitrogens with one attached hydrogen (secondary N) is 1. The number of rotatable bonds is 5. The number of thioether (sulfide) groups is 1. The van der Waals surface area contributed by atoms with Crippen LogP contribution < -0.4 is 5.43 Å². The fraction of sp³-hybridized carbons (Fsp3) is 0.308. The van der Waals surface area contributed by atoms with Crippen molar-refractivity contribution in [2.75, 3.05) is 11.2 Å². The third-order valence-corrected chi connectivity index (χ3v) is 3.76. The van der Waals surface area contributed by atoms with E-state index in [-0.39, 0.29) is 11.3 Å². The molecular weight excluding hydrogens is 306 g/mol. The molecule has 8 nitrogen and oxygen atoms in total. The van der Waals surface area contributed by atoms with Gasteiger partial charge in [0.1, 0.15) is 5.82 Å². The van der Waals surface area contributed by atoms with Gasteiger partial charge in [0, 0.05) is 17.2 Å². The Labute approximate surface area is 131 Å². The number of nitrogens with zero attached hydrogens (tertiary/aromatic N) is 4. The van der Waals surface area contributed by atoms with Crippen LogP contribution in [0.25, 0.3) is 0 Å². The van der Waals surface area contributed by atoms with Crippen molar-refractivity contribution in [3.05, 3.63) is 45.3 Å². The number of carbonyl (C=O) groups is 1. The summed E-state index contributed by atoms with van der Waals surface area (Å²) in [5.74, 6) is 0.860. The van der Waals surface area contributed by atoms with Crippen molar-refractivity contribution in [2.45, 2.75) is 25.9 Å². The average Bonchev–Trinajstić information content (AvgIpc) is 2.81. The topological polar surface area (TPSA) is 103 Å². The number of nitro benzene ring substituents is 1. The van der Waals surface area contributed by atoms with E-state index in [0.29, 0.717) is 16.5 Å². The van der Waals surface area contributed by atoms with Crippen LogP contribution in [0.15, 0.2) is 23.4 Å². The molecule has 1 heterocycles. The summed E-state index contributed by atoms with van der Waals surface area (Å²) in [5, 5.41) is 19.4. The van der Waals surface area contributed by atoms with Crippen LogP contribution >= 0.6 is 11.8 Å². The fourth-order valence-electron chi connectivity index (χ4n) is 1.81. The van der Waals surface area contributed by atoms with Crippen molar-refractivity contribution < 1.29 is 9.72 Å². The quantitative estimate of drug-likeness (QED) is 0.515. The minimum atomic E-state index is -0.505. The number of hydrogen-bond donors (Lipinski definition) is 1. The molecule has 2 aromatic rings. The molecule has 0 aliphatic rings. The monoisotopic (exact) mass is 321 g/mol. The van der Waals surface area contributed by atoms with Gasteiger partial charge < -0.3 is 0 Å². The van der Waals surface area contributed by atoms with Gasteiger partial charge >= 0.3 is 0 Å². The number of nitro groups is 1. The van der Waals surface area contributed by atoms with Crippen molar-refractivity contribution in [3.8, 4) is 0 Å². The summed E-state index contributed by atoms with van der Waals surface area (Å²) in [6.07, 6.45) is 0. The summed E-state index contributed by atoms with van der Waals surface area (Å²) >= 11 is 1.44. The first-order chi connectivity index (χ1) is 10.4. The largest absolute Gasteiger partial charge is 0.273 e. The molecule has 0 aliphatic carbocycles. The second kappa shape index (κ2) is 6.56. The highest BCUT2D eigenvalue weighted by Gasteiger charge is 2.17. The summed E-state index contributed by atoms with van der Waals surface area (Å²) in [6, 6.07) is 4.36. The van der Waals surface area contributed by atoms with Crippen molar-refractivity contribution in [2.24, 2.45) is 0 Å². The molecule has 9 heteroatoms. The molecule has 0 spiro atoms. The van der Waals surface area contributed by atoms with Gasteiger partial charge in [-0.25, -0.2) is 4.68 Å². The maximum absolute atomic E-state index is 12.3. The van der Waals surface area contributed by atoms with Crippen LogP contribution in [0.5, 0.6) is 0 Å². The molecule has 116 valence electrons. The number of carbonyl (C=O) groups excluding carboxylic acids is 1. The van der Waals surface area contributed by atoms with Crippen LogP contribution in [0.3, 0.4) is 0 Å². The zero-order chi connectivity index (χ0) is 16.3. The summed E-state index contributed by atoms with van der Waals surface area (Å²) in [6.45, 7) is 5.30. The summed E-state index contributed by atoms with van der Waals surface area (Å²) in [4.78, 5) is 22.7. The zero-order valence-electron chi connectivity index (χ0n) is 12.4. The molecule has 2 rings (SSSR count). The Morgan fingerprint density at radius 3 is 2.77 bits per heavy atom. The molecule has 1 N–H and O–H groups in total. The fourth-order valence-corrected chi connectivity index (χ4v) is 2.47. The predicted octanol–water partition coefficient (Wildman–Crippen LogP) is 2.30. The van der Waals surface area contributed by atoms with Gasteiger partial charge in [0.2, 0.25) is 5.16 Å². The minimum Gasteiger partial charge on any atom is -0.267 e.